The first-order valence-corrected chi connectivity index (χ1v) is 10.6. The number of benzene rings is 2. The number of carbonyl (C=O) groups excluding carboxylic acids is 1. The average molecular weight is 459 g/mol. The molecule has 0 radical (unpaired) electrons. The Hall–Kier alpha value is -2.74. The number of aromatic nitrogens is 3. The molecule has 9 heteroatoms. The van der Waals surface area contributed by atoms with Crippen LogP contribution >= 0.6 is 34.5 Å². The normalized spacial score (nSPS) is 11.1. The highest BCUT2D eigenvalue weighted by Gasteiger charge is 2.18. The molecule has 0 aliphatic carbocycles. The molecule has 6 nitrogen and oxygen atoms in total. The molecule has 0 spiro atoms. The van der Waals surface area contributed by atoms with Crippen molar-refractivity contribution in [3.8, 4) is 0 Å². The highest BCUT2D eigenvalue weighted by Crippen LogP contribution is 2.30. The van der Waals surface area contributed by atoms with Crippen molar-refractivity contribution in [2.45, 2.75) is 20.4 Å². The predicted octanol–water partition coefficient (Wildman–Crippen LogP) is 5.20. The van der Waals surface area contributed by atoms with Crippen LogP contribution in [0.3, 0.4) is 0 Å². The fraction of sp³-hybridized carbons (Fsp3) is 0.143. The summed E-state index contributed by atoms with van der Waals surface area (Å²) in [6, 6.07) is 10.7. The Balaban J connectivity index is 1.69. The van der Waals surface area contributed by atoms with E-state index in [2.05, 4.69) is 9.97 Å². The van der Waals surface area contributed by atoms with E-state index in [1.807, 2.05) is 36.6 Å². The van der Waals surface area contributed by atoms with Gasteiger partial charge in [-0.2, -0.15) is 0 Å². The molecule has 30 heavy (non-hydrogen) atoms. The highest BCUT2D eigenvalue weighted by molar-refractivity contribution is 7.14. The molecule has 1 amide bonds. The van der Waals surface area contributed by atoms with E-state index >= 15 is 0 Å². The molecular weight excluding hydrogens is 443 g/mol. The van der Waals surface area contributed by atoms with E-state index in [4.69, 9.17) is 23.2 Å². The Bertz CT molecular complexity index is 1330. The predicted molar refractivity (Wildman–Crippen MR) is 121 cm³/mol. The van der Waals surface area contributed by atoms with E-state index < -0.39 is 0 Å². The summed E-state index contributed by atoms with van der Waals surface area (Å²) in [5.41, 5.74) is 2.58. The zero-order valence-electron chi connectivity index (χ0n) is 16.1. The van der Waals surface area contributed by atoms with Crippen LogP contribution in [0.2, 0.25) is 10.0 Å². The van der Waals surface area contributed by atoms with Gasteiger partial charge in [0.15, 0.2) is 5.13 Å². The topological polar surface area (TPSA) is 68.1 Å². The van der Waals surface area contributed by atoms with Gasteiger partial charge in [0.2, 0.25) is 5.91 Å². The Labute approximate surface area is 186 Å². The molecule has 0 saturated carbocycles. The number of hydrogen-bond acceptors (Lipinski definition) is 5. The number of thiazole rings is 1. The molecule has 0 unspecified atom stereocenters. The smallest absolute Gasteiger partial charge is 0.261 e. The molecule has 0 aliphatic rings. The minimum absolute atomic E-state index is 0.143. The molecule has 0 fully saturated rings. The average Bonchev–Trinajstić information content (AvgIpc) is 3.12. The largest absolute Gasteiger partial charge is 0.293 e. The van der Waals surface area contributed by atoms with E-state index in [1.54, 1.807) is 17.0 Å². The Morgan fingerprint density at radius 1 is 1.23 bits per heavy atom. The molecule has 0 bridgehead atoms. The van der Waals surface area contributed by atoms with E-state index in [9.17, 15) is 9.59 Å². The number of anilines is 2. The molecule has 2 aromatic carbocycles. The fourth-order valence-corrected chi connectivity index (χ4v) is 4.57. The maximum absolute atomic E-state index is 12.9. The van der Waals surface area contributed by atoms with Gasteiger partial charge in [0.1, 0.15) is 0 Å². The van der Waals surface area contributed by atoms with Gasteiger partial charge in [-0.05, 0) is 36.8 Å². The second-order valence-electron chi connectivity index (χ2n) is 6.78. The standard InChI is InChI=1S/C21H16Cl2N4O2S/c1-12-4-3-5-16(6-12)27(13(2)28)21-25-15(10-30-21)9-26-11-24-19-17(20(26)29)7-14(22)8-18(19)23/h3-8,10-11H,9H2,1-2H3. The molecular formula is C21H16Cl2N4O2S. The number of halogens is 2. The summed E-state index contributed by atoms with van der Waals surface area (Å²) < 4.78 is 1.44. The minimum Gasteiger partial charge on any atom is -0.293 e. The zero-order chi connectivity index (χ0) is 21.4. The molecule has 4 aromatic rings. The van der Waals surface area contributed by atoms with Gasteiger partial charge in [-0.15, -0.1) is 11.3 Å². The third kappa shape index (κ3) is 3.96. The van der Waals surface area contributed by atoms with Crippen LogP contribution in [-0.4, -0.2) is 20.4 Å². The van der Waals surface area contributed by atoms with Gasteiger partial charge in [-0.3, -0.25) is 19.1 Å². The van der Waals surface area contributed by atoms with Gasteiger partial charge in [0.25, 0.3) is 5.56 Å². The molecule has 0 N–H and O–H groups in total. The molecule has 2 heterocycles. The number of nitrogens with zero attached hydrogens (tertiary/aromatic N) is 4. The second kappa shape index (κ2) is 8.18. The molecule has 0 aliphatic heterocycles. The number of carbonyl (C=O) groups is 1. The SMILES string of the molecule is CC(=O)N(c1cccc(C)c1)c1nc(Cn2cnc3c(Cl)cc(Cl)cc3c2=O)cs1. The summed E-state index contributed by atoms with van der Waals surface area (Å²) in [6.07, 6.45) is 1.44. The number of fused-ring (bicyclic) bond motifs is 1. The summed E-state index contributed by atoms with van der Waals surface area (Å²) in [7, 11) is 0. The molecule has 2 aromatic heterocycles. The van der Waals surface area contributed by atoms with Crippen molar-refractivity contribution < 1.29 is 4.79 Å². The van der Waals surface area contributed by atoms with Crippen molar-refractivity contribution in [1.29, 1.82) is 0 Å². The van der Waals surface area contributed by atoms with Crippen LogP contribution in [0.4, 0.5) is 10.8 Å². The molecule has 0 atom stereocenters. The lowest BCUT2D eigenvalue weighted by atomic mass is 10.2. The number of aryl methyl sites for hydroxylation is 1. The van der Waals surface area contributed by atoms with Gasteiger partial charge in [0, 0.05) is 17.3 Å². The monoisotopic (exact) mass is 458 g/mol. The summed E-state index contributed by atoms with van der Waals surface area (Å²) in [5, 5.41) is 3.40. The number of amides is 1. The van der Waals surface area contributed by atoms with Crippen molar-refractivity contribution in [1.82, 2.24) is 14.5 Å². The first kappa shape index (κ1) is 20.5. The lowest BCUT2D eigenvalue weighted by Crippen LogP contribution is -2.23. The van der Waals surface area contributed by atoms with Crippen molar-refractivity contribution in [3.63, 3.8) is 0 Å². The minimum atomic E-state index is -0.263. The number of rotatable bonds is 4. The van der Waals surface area contributed by atoms with Gasteiger partial charge >= 0.3 is 0 Å². The van der Waals surface area contributed by atoms with Crippen molar-refractivity contribution in [2.75, 3.05) is 4.90 Å². The van der Waals surface area contributed by atoms with E-state index in [1.165, 1.54) is 29.2 Å². The van der Waals surface area contributed by atoms with Gasteiger partial charge in [0.05, 0.1) is 40.2 Å². The Morgan fingerprint density at radius 2 is 2.03 bits per heavy atom. The van der Waals surface area contributed by atoms with Crippen LogP contribution in [0.5, 0.6) is 0 Å². The summed E-state index contributed by atoms with van der Waals surface area (Å²) in [6.45, 7) is 3.67. The van der Waals surface area contributed by atoms with Crippen LogP contribution in [-0.2, 0) is 11.3 Å². The zero-order valence-corrected chi connectivity index (χ0v) is 18.4. The van der Waals surface area contributed by atoms with Crippen LogP contribution < -0.4 is 10.5 Å². The van der Waals surface area contributed by atoms with E-state index in [-0.39, 0.29) is 18.0 Å². The van der Waals surface area contributed by atoms with Crippen molar-refractivity contribution in [3.05, 3.63) is 79.8 Å². The maximum atomic E-state index is 12.9. The van der Waals surface area contributed by atoms with Crippen LogP contribution in [0.25, 0.3) is 10.9 Å². The van der Waals surface area contributed by atoms with Gasteiger partial charge in [-0.25, -0.2) is 9.97 Å². The Morgan fingerprint density at radius 3 is 2.77 bits per heavy atom. The second-order valence-corrected chi connectivity index (χ2v) is 8.46. The Kier molecular flexibility index (Phi) is 5.60. The number of hydrogen-bond donors (Lipinski definition) is 0. The van der Waals surface area contributed by atoms with E-state index in [0.29, 0.717) is 31.8 Å². The van der Waals surface area contributed by atoms with Crippen molar-refractivity contribution in [2.24, 2.45) is 0 Å². The quantitative estimate of drug-likeness (QED) is 0.421. The van der Waals surface area contributed by atoms with E-state index in [0.717, 1.165) is 11.3 Å². The lowest BCUT2D eigenvalue weighted by molar-refractivity contribution is -0.115. The van der Waals surface area contributed by atoms with Crippen LogP contribution in [0, 0.1) is 6.92 Å². The third-order valence-corrected chi connectivity index (χ3v) is 5.86. The van der Waals surface area contributed by atoms with Crippen LogP contribution in [0.15, 0.2) is 52.9 Å². The lowest BCUT2D eigenvalue weighted by Gasteiger charge is -2.18. The first-order chi connectivity index (χ1) is 14.3. The third-order valence-electron chi connectivity index (χ3n) is 4.48. The summed E-state index contributed by atoms with van der Waals surface area (Å²) in [4.78, 5) is 35.6. The van der Waals surface area contributed by atoms with Crippen LogP contribution in [0.1, 0.15) is 18.2 Å². The first-order valence-electron chi connectivity index (χ1n) is 8.99. The van der Waals surface area contributed by atoms with Gasteiger partial charge in [-0.1, -0.05) is 35.3 Å². The maximum Gasteiger partial charge on any atom is 0.261 e. The van der Waals surface area contributed by atoms with Gasteiger partial charge < -0.3 is 0 Å². The summed E-state index contributed by atoms with van der Waals surface area (Å²) >= 11 is 13.5. The summed E-state index contributed by atoms with van der Waals surface area (Å²) in [5.74, 6) is -0.143. The molecule has 4 rings (SSSR count). The molecule has 152 valence electrons. The highest BCUT2D eigenvalue weighted by atomic mass is 35.5. The fourth-order valence-electron chi connectivity index (χ4n) is 3.15. The van der Waals surface area contributed by atoms with Crippen molar-refractivity contribution >= 4 is 62.2 Å². The molecule has 0 saturated heterocycles.